The summed E-state index contributed by atoms with van der Waals surface area (Å²) in [5.74, 6) is -14.0. The Morgan fingerprint density at radius 1 is 0.893 bits per heavy atom. The Bertz CT molecular complexity index is 1050. The van der Waals surface area contributed by atoms with Gasteiger partial charge in [-0.25, -0.2) is 26.3 Å². The fraction of sp³-hybridized carbons (Fsp3) is 0.0588. The van der Waals surface area contributed by atoms with Gasteiger partial charge in [-0.05, 0) is 31.2 Å². The van der Waals surface area contributed by atoms with Crippen LogP contribution in [0.5, 0.6) is 5.88 Å². The minimum Gasteiger partial charge on any atom is -0.493 e. The molecule has 0 unspecified atom stereocenters. The van der Waals surface area contributed by atoms with Gasteiger partial charge in [0.15, 0.2) is 29.1 Å². The number of hydrogen-bond acceptors (Lipinski definition) is 3. The van der Waals surface area contributed by atoms with Crippen LogP contribution in [0.1, 0.15) is 21.6 Å². The molecule has 0 bridgehead atoms. The van der Waals surface area contributed by atoms with Crippen LogP contribution < -0.4 is 0 Å². The van der Waals surface area contributed by atoms with Gasteiger partial charge in [0.1, 0.15) is 17.1 Å². The zero-order valence-electron chi connectivity index (χ0n) is 14.0. The topological polar surface area (TPSA) is 55.1 Å². The summed E-state index contributed by atoms with van der Waals surface area (Å²) in [7, 11) is 0. The SMILES string of the molecule is Cc1nn(-c2c(F)c(F)c(F)c(F)c2F)c(O)c1C(=O)c1ccc(F)cc1.[Zn]. The molecule has 2 aromatic carbocycles. The van der Waals surface area contributed by atoms with Crippen LogP contribution >= 0.6 is 0 Å². The molecule has 1 N–H and O–H groups in total. The Balaban J connectivity index is 0.00000280. The van der Waals surface area contributed by atoms with Crippen molar-refractivity contribution in [3.63, 3.8) is 0 Å². The second-order valence-electron chi connectivity index (χ2n) is 5.45. The number of rotatable bonds is 3. The molecule has 0 fully saturated rings. The average Bonchev–Trinajstić information content (AvgIpc) is 2.93. The Labute approximate surface area is 166 Å². The number of ketones is 1. The third-order valence-corrected chi connectivity index (χ3v) is 3.77. The van der Waals surface area contributed by atoms with Crippen molar-refractivity contribution in [2.45, 2.75) is 6.92 Å². The van der Waals surface area contributed by atoms with Crippen molar-refractivity contribution in [3.05, 3.63) is 76.0 Å². The summed E-state index contributed by atoms with van der Waals surface area (Å²) in [6.07, 6.45) is 0. The molecule has 3 rings (SSSR count). The summed E-state index contributed by atoms with van der Waals surface area (Å²) in [6, 6.07) is 4.11. The quantitative estimate of drug-likeness (QED) is 0.216. The molecule has 0 aliphatic rings. The van der Waals surface area contributed by atoms with E-state index in [2.05, 4.69) is 5.10 Å². The summed E-state index contributed by atoms with van der Waals surface area (Å²) in [5.41, 5.74) is -2.41. The molecular formula is C17H8F6N2O2Zn. The van der Waals surface area contributed by atoms with Crippen LogP contribution in [0.4, 0.5) is 26.3 Å². The molecule has 1 heterocycles. The van der Waals surface area contributed by atoms with Crippen LogP contribution in [-0.4, -0.2) is 20.7 Å². The van der Waals surface area contributed by atoms with Crippen molar-refractivity contribution in [3.8, 4) is 11.6 Å². The van der Waals surface area contributed by atoms with Crippen molar-refractivity contribution in [1.29, 1.82) is 0 Å². The van der Waals surface area contributed by atoms with E-state index in [0.29, 0.717) is 0 Å². The summed E-state index contributed by atoms with van der Waals surface area (Å²) in [4.78, 5) is 12.5. The molecule has 0 amide bonds. The second kappa shape index (κ2) is 7.75. The minimum absolute atomic E-state index is 0. The summed E-state index contributed by atoms with van der Waals surface area (Å²) < 4.78 is 80.9. The molecule has 0 aliphatic heterocycles. The molecule has 0 atom stereocenters. The molecule has 1 aromatic heterocycles. The van der Waals surface area contributed by atoms with Gasteiger partial charge in [-0.1, -0.05) is 0 Å². The first-order valence-corrected chi connectivity index (χ1v) is 7.25. The first-order valence-electron chi connectivity index (χ1n) is 7.25. The Kier molecular flexibility index (Phi) is 5.98. The van der Waals surface area contributed by atoms with Gasteiger partial charge in [0, 0.05) is 25.0 Å². The number of nitrogens with zero attached hydrogens (tertiary/aromatic N) is 2. The van der Waals surface area contributed by atoms with E-state index in [1.54, 1.807) is 0 Å². The van der Waals surface area contributed by atoms with Gasteiger partial charge in [-0.3, -0.25) is 4.79 Å². The fourth-order valence-corrected chi connectivity index (χ4v) is 2.46. The number of aryl methyl sites for hydroxylation is 1. The number of benzene rings is 2. The maximum Gasteiger partial charge on any atom is 0.226 e. The Morgan fingerprint density at radius 3 is 1.86 bits per heavy atom. The van der Waals surface area contributed by atoms with Crippen molar-refractivity contribution < 1.29 is 55.7 Å². The van der Waals surface area contributed by atoms with Crippen LogP contribution in [0.3, 0.4) is 0 Å². The van der Waals surface area contributed by atoms with Crippen molar-refractivity contribution >= 4 is 5.78 Å². The fourth-order valence-electron chi connectivity index (χ4n) is 2.46. The number of aromatic hydroxyl groups is 1. The zero-order valence-corrected chi connectivity index (χ0v) is 17.0. The molecule has 0 radical (unpaired) electrons. The minimum atomic E-state index is -2.38. The van der Waals surface area contributed by atoms with Gasteiger partial charge in [0.2, 0.25) is 11.7 Å². The normalized spacial score (nSPS) is 10.7. The van der Waals surface area contributed by atoms with Gasteiger partial charge in [0.25, 0.3) is 0 Å². The van der Waals surface area contributed by atoms with Crippen LogP contribution in [0.2, 0.25) is 0 Å². The maximum absolute atomic E-state index is 14.0. The van der Waals surface area contributed by atoms with Crippen molar-refractivity contribution in [2.24, 2.45) is 0 Å². The van der Waals surface area contributed by atoms with Crippen molar-refractivity contribution in [2.75, 3.05) is 0 Å². The summed E-state index contributed by atoms with van der Waals surface area (Å²) in [6.45, 7) is 1.18. The van der Waals surface area contributed by atoms with Crippen molar-refractivity contribution in [1.82, 2.24) is 9.78 Å². The van der Waals surface area contributed by atoms with E-state index in [4.69, 9.17) is 0 Å². The predicted molar refractivity (Wildman–Crippen MR) is 79.6 cm³/mol. The summed E-state index contributed by atoms with van der Waals surface area (Å²) >= 11 is 0. The largest absolute Gasteiger partial charge is 0.493 e. The van der Waals surface area contributed by atoms with Crippen LogP contribution in [0, 0.1) is 41.8 Å². The number of carbonyl (C=O) groups excluding carboxylic acids is 1. The maximum atomic E-state index is 14.0. The van der Waals surface area contributed by atoms with E-state index in [-0.39, 0.29) is 35.4 Å². The monoisotopic (exact) mass is 450 g/mol. The van der Waals surface area contributed by atoms with E-state index in [1.807, 2.05) is 0 Å². The molecule has 0 spiro atoms. The van der Waals surface area contributed by atoms with E-state index >= 15 is 0 Å². The number of halogens is 6. The molecule has 142 valence electrons. The van der Waals surface area contributed by atoms with E-state index in [9.17, 15) is 36.2 Å². The van der Waals surface area contributed by atoms with Gasteiger partial charge < -0.3 is 5.11 Å². The van der Waals surface area contributed by atoms with Crippen LogP contribution in [-0.2, 0) is 19.5 Å². The molecular weight excluding hydrogens is 444 g/mol. The molecule has 0 saturated carbocycles. The van der Waals surface area contributed by atoms with Crippen LogP contribution in [0.25, 0.3) is 5.69 Å². The Morgan fingerprint density at radius 2 is 1.36 bits per heavy atom. The first-order chi connectivity index (χ1) is 12.6. The molecule has 4 nitrogen and oxygen atoms in total. The molecule has 0 saturated heterocycles. The number of hydrogen-bond donors (Lipinski definition) is 1. The third kappa shape index (κ3) is 3.30. The number of aromatic nitrogens is 2. The second-order valence-corrected chi connectivity index (χ2v) is 5.45. The summed E-state index contributed by atoms with van der Waals surface area (Å²) in [5, 5.41) is 13.7. The first kappa shape index (κ1) is 21.6. The molecule has 3 aromatic rings. The van der Waals surface area contributed by atoms with Gasteiger partial charge in [-0.2, -0.15) is 9.78 Å². The van der Waals surface area contributed by atoms with Gasteiger partial charge in [-0.15, -0.1) is 0 Å². The smallest absolute Gasteiger partial charge is 0.226 e. The van der Waals surface area contributed by atoms with Gasteiger partial charge in [0.05, 0.1) is 5.69 Å². The molecule has 11 heteroatoms. The van der Waals surface area contributed by atoms with E-state index < -0.39 is 57.8 Å². The third-order valence-electron chi connectivity index (χ3n) is 3.77. The molecule has 0 aliphatic carbocycles. The average molecular weight is 452 g/mol. The van der Waals surface area contributed by atoms with E-state index in [1.165, 1.54) is 6.92 Å². The standard InChI is InChI=1S/C17H8F6N2O2.Zn/c1-6-9(16(26)7-2-4-8(18)5-3-7)17(27)25(24-6)15-13(22)11(20)10(19)12(21)14(15)23;/h2-5,27H,1H3;. The Hall–Kier alpha value is -2.68. The predicted octanol–water partition coefficient (Wildman–Crippen LogP) is 3.95. The number of carbonyl (C=O) groups is 1. The van der Waals surface area contributed by atoms with Gasteiger partial charge >= 0.3 is 0 Å². The zero-order chi connectivity index (χ0) is 20.0. The van der Waals surface area contributed by atoms with Crippen LogP contribution in [0.15, 0.2) is 24.3 Å². The van der Waals surface area contributed by atoms with E-state index in [0.717, 1.165) is 24.3 Å². The molecule has 28 heavy (non-hydrogen) atoms.